The van der Waals surface area contributed by atoms with Crippen molar-refractivity contribution < 1.29 is 19.5 Å². The number of carbonyl (C=O) groups is 3. The maximum absolute atomic E-state index is 12.8. The summed E-state index contributed by atoms with van der Waals surface area (Å²) in [5.74, 6) is 0.320. The SMILES string of the molecule is CC(CCCNC(=O)c1ccc2c(Cl)cc(=O)[nH]c2c1)Cc1ccccc1.CN(C)CCC(=O)Nc1ccc2c(=O)n(CC3(O)CCN(C=O)CC3)cnc2c1. The van der Waals surface area contributed by atoms with Crippen LogP contribution in [0.4, 0.5) is 5.69 Å². The van der Waals surface area contributed by atoms with Gasteiger partial charge in [0.15, 0.2) is 0 Å². The lowest BCUT2D eigenvalue weighted by Gasteiger charge is -2.36. The van der Waals surface area contributed by atoms with Gasteiger partial charge >= 0.3 is 0 Å². The van der Waals surface area contributed by atoms with Crippen molar-refractivity contribution in [2.45, 2.75) is 57.6 Å². The van der Waals surface area contributed by atoms with Crippen LogP contribution in [0.2, 0.25) is 5.02 Å². The predicted octanol–water partition coefficient (Wildman–Crippen LogP) is 4.84. The molecule has 5 aromatic rings. The van der Waals surface area contributed by atoms with E-state index in [1.807, 2.05) is 25.1 Å². The molecule has 1 fully saturated rings. The molecule has 3 aromatic carbocycles. The van der Waals surface area contributed by atoms with Gasteiger partial charge in [0.2, 0.25) is 17.9 Å². The molecule has 6 rings (SSSR count). The lowest BCUT2D eigenvalue weighted by atomic mass is 9.91. The van der Waals surface area contributed by atoms with Crippen LogP contribution in [-0.2, 0) is 22.6 Å². The fraction of sp³-hybridized carbons (Fsp3) is 0.381. The highest BCUT2D eigenvalue weighted by Gasteiger charge is 2.32. The van der Waals surface area contributed by atoms with E-state index in [9.17, 15) is 29.1 Å². The van der Waals surface area contributed by atoms with E-state index < -0.39 is 5.60 Å². The van der Waals surface area contributed by atoms with Gasteiger partial charge in [-0.05, 0) is 88.0 Å². The third-order valence-electron chi connectivity index (χ3n) is 9.88. The fourth-order valence-electron chi connectivity index (χ4n) is 6.65. The quantitative estimate of drug-likeness (QED) is 0.0917. The first kappa shape index (κ1) is 41.8. The average molecular weight is 784 g/mol. The molecule has 13 nitrogen and oxygen atoms in total. The fourth-order valence-corrected chi connectivity index (χ4v) is 6.91. The number of halogens is 1. The molecule has 3 amide bonds. The van der Waals surface area contributed by atoms with Gasteiger partial charge in [0.1, 0.15) is 0 Å². The summed E-state index contributed by atoms with van der Waals surface area (Å²) in [7, 11) is 3.81. The second-order valence-corrected chi connectivity index (χ2v) is 15.2. The number of pyridine rings is 1. The molecule has 56 heavy (non-hydrogen) atoms. The minimum Gasteiger partial charge on any atom is -0.388 e. The Kier molecular flexibility index (Phi) is 14.5. The number of fused-ring (bicyclic) bond motifs is 2. The van der Waals surface area contributed by atoms with Crippen LogP contribution in [0, 0.1) is 5.92 Å². The number of benzene rings is 3. The Labute approximate surface area is 330 Å². The number of H-pyrrole nitrogens is 1. The molecule has 1 aliphatic rings. The highest BCUT2D eigenvalue weighted by molar-refractivity contribution is 6.35. The molecule has 296 valence electrons. The summed E-state index contributed by atoms with van der Waals surface area (Å²) >= 11 is 6.06. The van der Waals surface area contributed by atoms with Crippen molar-refractivity contribution >= 4 is 57.3 Å². The van der Waals surface area contributed by atoms with E-state index in [-0.39, 0.29) is 29.5 Å². The second-order valence-electron chi connectivity index (χ2n) is 14.8. The summed E-state index contributed by atoms with van der Waals surface area (Å²) in [4.78, 5) is 70.2. The largest absolute Gasteiger partial charge is 0.388 e. The number of rotatable bonds is 14. The Balaban J connectivity index is 0.000000215. The highest BCUT2D eigenvalue weighted by Crippen LogP contribution is 2.24. The summed E-state index contributed by atoms with van der Waals surface area (Å²) in [6, 6.07) is 21.9. The smallest absolute Gasteiger partial charge is 0.261 e. The first-order chi connectivity index (χ1) is 26.8. The summed E-state index contributed by atoms with van der Waals surface area (Å²) in [6.07, 6.45) is 6.43. The normalized spacial score (nSPS) is 14.2. The standard InChI is InChI=1S/C22H23ClN2O2.C20H27N5O4/c1-15(12-16-7-3-2-4-8-16)6-5-11-24-22(27)17-9-10-18-19(23)14-21(26)25-20(18)13-17;1-23(2)8-5-18(27)22-15-3-4-16-17(11-15)21-13-25(19(16)28)12-20(29)6-9-24(14-26)10-7-20/h2-4,7-10,13-15H,5-6,11-12H2,1H3,(H,24,27)(H,25,26);3-4,11,13-14,29H,5-10,12H2,1-2H3,(H,22,27). The van der Waals surface area contributed by atoms with Crippen molar-refractivity contribution in [1.82, 2.24) is 29.7 Å². The molecule has 0 saturated carbocycles. The molecule has 1 saturated heterocycles. The van der Waals surface area contributed by atoms with Gasteiger partial charge in [-0.1, -0.05) is 54.9 Å². The zero-order valence-corrected chi connectivity index (χ0v) is 32.8. The number of nitrogens with zero attached hydrogens (tertiary/aromatic N) is 4. The van der Waals surface area contributed by atoms with Crippen LogP contribution in [0.15, 0.2) is 88.7 Å². The van der Waals surface area contributed by atoms with Gasteiger partial charge in [-0.2, -0.15) is 0 Å². The van der Waals surface area contributed by atoms with E-state index in [4.69, 9.17) is 11.6 Å². The number of aromatic nitrogens is 3. The lowest BCUT2D eigenvalue weighted by Crippen LogP contribution is -2.47. The minimum atomic E-state index is -1.04. The number of likely N-dealkylation sites (tertiary alicyclic amines) is 1. The zero-order chi connectivity index (χ0) is 40.2. The van der Waals surface area contributed by atoms with Crippen LogP contribution < -0.4 is 21.8 Å². The van der Waals surface area contributed by atoms with E-state index in [2.05, 4.69) is 51.8 Å². The van der Waals surface area contributed by atoms with Gasteiger partial charge in [-0.3, -0.25) is 28.5 Å². The summed E-state index contributed by atoms with van der Waals surface area (Å²) in [5, 5.41) is 18.1. The van der Waals surface area contributed by atoms with Crippen molar-refractivity contribution in [1.29, 1.82) is 0 Å². The molecule has 2 aromatic heterocycles. The Morgan fingerprint density at radius 3 is 2.48 bits per heavy atom. The van der Waals surface area contributed by atoms with Crippen molar-refractivity contribution in [3.63, 3.8) is 0 Å². The first-order valence-electron chi connectivity index (χ1n) is 18.8. The third kappa shape index (κ3) is 11.8. The Morgan fingerprint density at radius 2 is 1.77 bits per heavy atom. The van der Waals surface area contributed by atoms with Crippen molar-refractivity contribution in [2.24, 2.45) is 5.92 Å². The second kappa shape index (κ2) is 19.5. The van der Waals surface area contributed by atoms with Gasteiger partial charge in [-0.25, -0.2) is 4.98 Å². The molecule has 0 spiro atoms. The van der Waals surface area contributed by atoms with E-state index in [0.29, 0.717) is 84.1 Å². The van der Waals surface area contributed by atoms with Crippen LogP contribution in [0.25, 0.3) is 21.8 Å². The van der Waals surface area contributed by atoms with Crippen LogP contribution >= 0.6 is 11.6 Å². The Hall–Kier alpha value is -5.37. The van der Waals surface area contributed by atoms with E-state index in [1.165, 1.54) is 22.5 Å². The molecule has 1 aliphatic heterocycles. The molecular weight excluding hydrogens is 734 g/mol. The van der Waals surface area contributed by atoms with E-state index in [1.54, 1.807) is 41.3 Å². The molecule has 1 atom stereocenters. The van der Waals surface area contributed by atoms with Crippen LogP contribution in [-0.4, -0.2) is 93.5 Å². The predicted molar refractivity (Wildman–Crippen MR) is 220 cm³/mol. The molecule has 14 heteroatoms. The number of aliphatic hydroxyl groups is 1. The van der Waals surface area contributed by atoms with Crippen molar-refractivity contribution in [3.8, 4) is 0 Å². The maximum atomic E-state index is 12.8. The number of hydrogen-bond acceptors (Lipinski definition) is 8. The molecular formula is C42H50ClN7O6. The van der Waals surface area contributed by atoms with Gasteiger partial charge < -0.3 is 30.5 Å². The number of anilines is 1. The van der Waals surface area contributed by atoms with Crippen molar-refractivity contribution in [3.05, 3.63) is 116 Å². The number of aromatic amines is 1. The lowest BCUT2D eigenvalue weighted by molar-refractivity contribution is -0.122. The summed E-state index contributed by atoms with van der Waals surface area (Å²) < 4.78 is 1.41. The van der Waals surface area contributed by atoms with Gasteiger partial charge in [-0.15, -0.1) is 0 Å². The Morgan fingerprint density at radius 1 is 1.04 bits per heavy atom. The van der Waals surface area contributed by atoms with Gasteiger partial charge in [0.05, 0.1) is 39.9 Å². The molecule has 0 radical (unpaired) electrons. The monoisotopic (exact) mass is 783 g/mol. The number of carbonyl (C=O) groups excluding carboxylic acids is 3. The highest BCUT2D eigenvalue weighted by atomic mass is 35.5. The molecule has 1 unspecified atom stereocenters. The topological polar surface area (TPSA) is 170 Å². The number of piperidine rings is 1. The van der Waals surface area contributed by atoms with Gasteiger partial charge in [0.25, 0.3) is 11.5 Å². The number of hydrogen-bond donors (Lipinski definition) is 4. The molecule has 0 bridgehead atoms. The zero-order valence-electron chi connectivity index (χ0n) is 32.1. The van der Waals surface area contributed by atoms with Crippen molar-refractivity contribution in [2.75, 3.05) is 45.6 Å². The number of amides is 3. The average Bonchev–Trinajstić information content (AvgIpc) is 3.17. The van der Waals surface area contributed by atoms with Gasteiger partial charge in [0, 0.05) is 55.3 Å². The van der Waals surface area contributed by atoms with Crippen LogP contribution in [0.3, 0.4) is 0 Å². The Bertz CT molecular complexity index is 2250. The van der Waals surface area contributed by atoms with E-state index >= 15 is 0 Å². The van der Waals surface area contributed by atoms with E-state index in [0.717, 1.165) is 31.1 Å². The molecule has 0 aliphatic carbocycles. The number of nitrogens with one attached hydrogen (secondary N) is 3. The third-order valence-corrected chi connectivity index (χ3v) is 10.2. The summed E-state index contributed by atoms with van der Waals surface area (Å²) in [6.45, 7) is 4.57. The molecule has 3 heterocycles. The summed E-state index contributed by atoms with van der Waals surface area (Å²) in [5.41, 5.74) is 1.93. The van der Waals surface area contributed by atoms with Crippen LogP contribution in [0.1, 0.15) is 54.9 Å². The maximum Gasteiger partial charge on any atom is 0.261 e. The molecule has 4 N–H and O–H groups in total. The minimum absolute atomic E-state index is 0.102. The first-order valence-corrected chi connectivity index (χ1v) is 19.2. The van der Waals surface area contributed by atoms with Crippen LogP contribution in [0.5, 0.6) is 0 Å².